The summed E-state index contributed by atoms with van der Waals surface area (Å²) in [5.74, 6) is -0.370. The van der Waals surface area contributed by atoms with Gasteiger partial charge in [0.05, 0.1) is 5.56 Å². The van der Waals surface area contributed by atoms with Gasteiger partial charge in [-0.2, -0.15) is 13.2 Å². The van der Waals surface area contributed by atoms with Crippen LogP contribution in [0.5, 0.6) is 0 Å². The summed E-state index contributed by atoms with van der Waals surface area (Å²) in [6.07, 6.45) is -1.25. The van der Waals surface area contributed by atoms with Crippen LogP contribution in [0.2, 0.25) is 0 Å². The minimum Gasteiger partial charge on any atom is -0.206 e. The molecule has 0 aromatic heterocycles. The SMILES string of the molecule is Fc1ccccc1C=Cc1ccc(C(F)(F)F)cc1. The van der Waals surface area contributed by atoms with Crippen molar-refractivity contribution in [2.24, 2.45) is 0 Å². The summed E-state index contributed by atoms with van der Waals surface area (Å²) in [5.41, 5.74) is 0.272. The number of hydrogen-bond acceptors (Lipinski definition) is 0. The van der Waals surface area contributed by atoms with Crippen LogP contribution in [0.4, 0.5) is 17.6 Å². The van der Waals surface area contributed by atoms with Crippen LogP contribution in [-0.2, 0) is 6.18 Å². The van der Waals surface area contributed by atoms with Crippen LogP contribution < -0.4 is 0 Å². The Morgan fingerprint density at radius 2 is 1.42 bits per heavy atom. The lowest BCUT2D eigenvalue weighted by Crippen LogP contribution is -2.03. The molecule has 98 valence electrons. The van der Waals surface area contributed by atoms with Crippen molar-refractivity contribution in [2.75, 3.05) is 0 Å². The molecule has 0 bridgehead atoms. The van der Waals surface area contributed by atoms with Gasteiger partial charge >= 0.3 is 6.18 Å². The van der Waals surface area contributed by atoms with Gasteiger partial charge in [0.15, 0.2) is 0 Å². The number of benzene rings is 2. The highest BCUT2D eigenvalue weighted by atomic mass is 19.4. The second-order valence-corrected chi connectivity index (χ2v) is 3.97. The molecular weight excluding hydrogens is 256 g/mol. The Morgan fingerprint density at radius 1 is 0.789 bits per heavy atom. The highest BCUT2D eigenvalue weighted by Crippen LogP contribution is 2.29. The molecule has 0 aliphatic carbocycles. The molecule has 0 unspecified atom stereocenters. The van der Waals surface area contributed by atoms with Gasteiger partial charge in [0.2, 0.25) is 0 Å². The second-order valence-electron chi connectivity index (χ2n) is 3.97. The molecule has 0 amide bonds. The molecule has 0 radical (unpaired) electrons. The minimum atomic E-state index is -4.34. The van der Waals surface area contributed by atoms with E-state index in [9.17, 15) is 17.6 Å². The zero-order chi connectivity index (χ0) is 13.9. The van der Waals surface area contributed by atoms with E-state index >= 15 is 0 Å². The largest absolute Gasteiger partial charge is 0.416 e. The molecule has 19 heavy (non-hydrogen) atoms. The Morgan fingerprint density at radius 3 is 2.00 bits per heavy atom. The van der Waals surface area contributed by atoms with Crippen molar-refractivity contribution in [3.8, 4) is 0 Å². The molecule has 4 heteroatoms. The Balaban J connectivity index is 2.19. The van der Waals surface area contributed by atoms with Crippen LogP contribution in [0.1, 0.15) is 16.7 Å². The van der Waals surface area contributed by atoms with E-state index in [2.05, 4.69) is 0 Å². The minimum absolute atomic E-state index is 0.370. The van der Waals surface area contributed by atoms with Gasteiger partial charge in [0, 0.05) is 5.56 Å². The van der Waals surface area contributed by atoms with E-state index in [0.29, 0.717) is 11.1 Å². The average molecular weight is 266 g/mol. The van der Waals surface area contributed by atoms with E-state index in [1.54, 1.807) is 24.3 Å². The molecule has 0 atom stereocenters. The molecule has 2 aromatic rings. The maximum Gasteiger partial charge on any atom is 0.416 e. The normalized spacial score (nSPS) is 12.0. The van der Waals surface area contributed by atoms with Gasteiger partial charge in [0.25, 0.3) is 0 Å². The molecule has 0 saturated heterocycles. The zero-order valence-corrected chi connectivity index (χ0v) is 9.79. The van der Waals surface area contributed by atoms with Crippen LogP contribution in [0.3, 0.4) is 0 Å². The summed E-state index contributed by atoms with van der Waals surface area (Å²) in [6.45, 7) is 0. The van der Waals surface area contributed by atoms with Gasteiger partial charge in [-0.25, -0.2) is 4.39 Å². The molecule has 0 nitrogen and oxygen atoms in total. The molecule has 2 aromatic carbocycles. The Bertz CT molecular complexity index is 580. The summed E-state index contributed by atoms with van der Waals surface area (Å²) in [6, 6.07) is 10.9. The topological polar surface area (TPSA) is 0 Å². The van der Waals surface area contributed by atoms with E-state index in [1.807, 2.05) is 0 Å². The molecule has 0 spiro atoms. The third kappa shape index (κ3) is 3.44. The molecule has 0 heterocycles. The molecule has 0 fully saturated rings. The van der Waals surface area contributed by atoms with Crippen molar-refractivity contribution in [1.29, 1.82) is 0 Å². The molecular formula is C15H10F4. The van der Waals surface area contributed by atoms with Crippen molar-refractivity contribution in [3.63, 3.8) is 0 Å². The monoisotopic (exact) mass is 266 g/mol. The molecule has 0 aliphatic rings. The molecule has 2 rings (SSSR count). The van der Waals surface area contributed by atoms with Gasteiger partial charge in [0.1, 0.15) is 5.82 Å². The number of halogens is 4. The van der Waals surface area contributed by atoms with Gasteiger partial charge < -0.3 is 0 Å². The Kier molecular flexibility index (Phi) is 3.69. The first kappa shape index (κ1) is 13.3. The van der Waals surface area contributed by atoms with Crippen LogP contribution in [0.25, 0.3) is 12.2 Å². The zero-order valence-electron chi connectivity index (χ0n) is 9.79. The van der Waals surface area contributed by atoms with Crippen LogP contribution in [-0.4, -0.2) is 0 Å². The Hall–Kier alpha value is -2.10. The summed E-state index contributed by atoms with van der Waals surface area (Å²) in [7, 11) is 0. The van der Waals surface area contributed by atoms with Gasteiger partial charge in [-0.1, -0.05) is 42.5 Å². The number of rotatable bonds is 2. The smallest absolute Gasteiger partial charge is 0.206 e. The van der Waals surface area contributed by atoms with Crippen LogP contribution in [0.15, 0.2) is 48.5 Å². The molecule has 0 saturated carbocycles. The van der Waals surface area contributed by atoms with Crippen molar-refractivity contribution in [3.05, 3.63) is 71.0 Å². The van der Waals surface area contributed by atoms with Crippen molar-refractivity contribution < 1.29 is 17.6 Å². The third-order valence-corrected chi connectivity index (χ3v) is 2.60. The maximum absolute atomic E-state index is 13.3. The average Bonchev–Trinajstić information content (AvgIpc) is 2.37. The first-order chi connectivity index (χ1) is 8.97. The van der Waals surface area contributed by atoms with Gasteiger partial charge in [-0.05, 0) is 23.8 Å². The highest BCUT2D eigenvalue weighted by molar-refractivity contribution is 5.69. The van der Waals surface area contributed by atoms with Crippen LogP contribution >= 0.6 is 0 Å². The summed E-state index contributed by atoms with van der Waals surface area (Å²) in [5, 5.41) is 0. The van der Waals surface area contributed by atoms with Crippen molar-refractivity contribution >= 4 is 12.2 Å². The summed E-state index contributed by atoms with van der Waals surface area (Å²) < 4.78 is 50.4. The highest BCUT2D eigenvalue weighted by Gasteiger charge is 2.29. The fraction of sp³-hybridized carbons (Fsp3) is 0.0667. The third-order valence-electron chi connectivity index (χ3n) is 2.60. The van der Waals surface area contributed by atoms with E-state index in [1.165, 1.54) is 24.3 Å². The maximum atomic E-state index is 13.3. The fourth-order valence-corrected chi connectivity index (χ4v) is 1.58. The number of hydrogen-bond donors (Lipinski definition) is 0. The first-order valence-electron chi connectivity index (χ1n) is 5.57. The van der Waals surface area contributed by atoms with Crippen LogP contribution in [0, 0.1) is 5.82 Å². The predicted molar refractivity (Wildman–Crippen MR) is 66.8 cm³/mol. The lowest BCUT2D eigenvalue weighted by Gasteiger charge is -2.05. The van der Waals surface area contributed by atoms with Crippen molar-refractivity contribution in [1.82, 2.24) is 0 Å². The Labute approximate surface area is 108 Å². The molecule has 0 N–H and O–H groups in total. The van der Waals surface area contributed by atoms with Crippen molar-refractivity contribution in [2.45, 2.75) is 6.18 Å². The fourth-order valence-electron chi connectivity index (χ4n) is 1.58. The molecule has 0 aliphatic heterocycles. The van der Waals surface area contributed by atoms with E-state index in [4.69, 9.17) is 0 Å². The van der Waals surface area contributed by atoms with Gasteiger partial charge in [-0.3, -0.25) is 0 Å². The van der Waals surface area contributed by atoms with E-state index in [-0.39, 0.29) is 5.82 Å². The second kappa shape index (κ2) is 5.26. The summed E-state index contributed by atoms with van der Waals surface area (Å²) in [4.78, 5) is 0. The first-order valence-corrected chi connectivity index (χ1v) is 5.57. The quantitative estimate of drug-likeness (QED) is 0.529. The lowest BCUT2D eigenvalue weighted by molar-refractivity contribution is -0.137. The predicted octanol–water partition coefficient (Wildman–Crippen LogP) is 5.01. The van der Waals surface area contributed by atoms with Gasteiger partial charge in [-0.15, -0.1) is 0 Å². The summed E-state index contributed by atoms with van der Waals surface area (Å²) >= 11 is 0. The lowest BCUT2D eigenvalue weighted by atomic mass is 10.1. The van der Waals surface area contributed by atoms with E-state index < -0.39 is 11.7 Å². The number of alkyl halides is 3. The van der Waals surface area contributed by atoms with E-state index in [0.717, 1.165) is 12.1 Å². The standard InChI is InChI=1S/C15H10F4/c16-14-4-2-1-3-12(14)8-5-11-6-9-13(10-7-11)15(17,18)19/h1-10H.